The van der Waals surface area contributed by atoms with Crippen LogP contribution in [0.1, 0.15) is 13.3 Å². The van der Waals surface area contributed by atoms with Gasteiger partial charge in [-0.1, -0.05) is 18.5 Å². The minimum Gasteiger partial charge on any atom is -0.481 e. The number of halogens is 2. The number of anilines is 1. The van der Waals surface area contributed by atoms with E-state index >= 15 is 0 Å². The van der Waals surface area contributed by atoms with Gasteiger partial charge in [0, 0.05) is 6.54 Å². The zero-order valence-electron chi connectivity index (χ0n) is 10.0. The SMILES string of the molecule is CCC(CNc1cc(Cl)c(F)cc1[N+](=O)[O-])C(=O)O. The summed E-state index contributed by atoms with van der Waals surface area (Å²) in [6.07, 6.45) is 0.366. The van der Waals surface area contributed by atoms with Crippen LogP contribution in [0.2, 0.25) is 5.02 Å². The highest BCUT2D eigenvalue weighted by atomic mass is 35.5. The van der Waals surface area contributed by atoms with Crippen LogP contribution in [0.15, 0.2) is 12.1 Å². The molecule has 0 aromatic heterocycles. The van der Waals surface area contributed by atoms with Crippen LogP contribution in [0.5, 0.6) is 0 Å². The molecular formula is C11H12ClFN2O4. The Bertz CT molecular complexity index is 510. The smallest absolute Gasteiger partial charge is 0.308 e. The van der Waals surface area contributed by atoms with E-state index in [4.69, 9.17) is 16.7 Å². The first kappa shape index (κ1) is 15.2. The lowest BCUT2D eigenvalue weighted by Crippen LogP contribution is -2.22. The first-order valence-corrected chi connectivity index (χ1v) is 5.84. The number of nitro benzene ring substituents is 1. The summed E-state index contributed by atoms with van der Waals surface area (Å²) < 4.78 is 13.2. The molecule has 104 valence electrons. The Hall–Kier alpha value is -1.89. The standard InChI is InChI=1S/C11H12ClFN2O4/c1-2-6(11(16)17)5-14-9-3-7(12)8(13)4-10(9)15(18)19/h3-4,6,14H,2,5H2,1H3,(H,16,17). The van der Waals surface area contributed by atoms with Gasteiger partial charge in [-0.25, -0.2) is 4.39 Å². The van der Waals surface area contributed by atoms with Crippen molar-refractivity contribution in [2.45, 2.75) is 13.3 Å². The van der Waals surface area contributed by atoms with E-state index in [0.29, 0.717) is 12.5 Å². The average Bonchev–Trinajstić information content (AvgIpc) is 2.33. The van der Waals surface area contributed by atoms with Crippen LogP contribution < -0.4 is 5.32 Å². The number of hydrogen-bond acceptors (Lipinski definition) is 4. The number of benzene rings is 1. The molecule has 0 heterocycles. The van der Waals surface area contributed by atoms with Crippen molar-refractivity contribution in [1.82, 2.24) is 0 Å². The lowest BCUT2D eigenvalue weighted by atomic mass is 10.1. The largest absolute Gasteiger partial charge is 0.481 e. The van der Waals surface area contributed by atoms with Crippen LogP contribution in [0.25, 0.3) is 0 Å². The van der Waals surface area contributed by atoms with Gasteiger partial charge in [-0.2, -0.15) is 0 Å². The lowest BCUT2D eigenvalue weighted by molar-refractivity contribution is -0.384. The van der Waals surface area contributed by atoms with Gasteiger partial charge in [0.2, 0.25) is 0 Å². The maximum absolute atomic E-state index is 13.2. The second-order valence-electron chi connectivity index (χ2n) is 3.86. The van der Waals surface area contributed by atoms with Crippen LogP contribution in [0, 0.1) is 21.8 Å². The van der Waals surface area contributed by atoms with Crippen molar-refractivity contribution in [2.75, 3.05) is 11.9 Å². The molecule has 0 spiro atoms. The Morgan fingerprint density at radius 3 is 2.74 bits per heavy atom. The summed E-state index contributed by atoms with van der Waals surface area (Å²) in [5.41, 5.74) is -0.488. The first-order valence-electron chi connectivity index (χ1n) is 5.46. The molecule has 19 heavy (non-hydrogen) atoms. The van der Waals surface area contributed by atoms with E-state index < -0.39 is 28.3 Å². The molecule has 0 bridgehead atoms. The average molecular weight is 291 g/mol. The summed E-state index contributed by atoms with van der Waals surface area (Å²) >= 11 is 5.55. The number of nitro groups is 1. The van der Waals surface area contributed by atoms with Gasteiger partial charge in [-0.05, 0) is 12.5 Å². The van der Waals surface area contributed by atoms with E-state index in [1.807, 2.05) is 0 Å². The van der Waals surface area contributed by atoms with E-state index in [1.165, 1.54) is 0 Å². The zero-order chi connectivity index (χ0) is 14.6. The topological polar surface area (TPSA) is 92.5 Å². The monoisotopic (exact) mass is 290 g/mol. The van der Waals surface area contributed by atoms with E-state index in [1.54, 1.807) is 6.92 Å². The Balaban J connectivity index is 2.97. The Morgan fingerprint density at radius 1 is 1.63 bits per heavy atom. The van der Waals surface area contributed by atoms with E-state index in [9.17, 15) is 19.3 Å². The molecule has 0 aliphatic heterocycles. The van der Waals surface area contributed by atoms with Crippen molar-refractivity contribution in [3.8, 4) is 0 Å². The van der Waals surface area contributed by atoms with Gasteiger partial charge in [0.25, 0.3) is 5.69 Å². The van der Waals surface area contributed by atoms with Crippen molar-refractivity contribution in [1.29, 1.82) is 0 Å². The number of nitrogens with zero attached hydrogens (tertiary/aromatic N) is 1. The van der Waals surface area contributed by atoms with E-state index in [0.717, 1.165) is 6.07 Å². The fourth-order valence-electron chi connectivity index (χ4n) is 1.47. The van der Waals surface area contributed by atoms with Gasteiger partial charge < -0.3 is 10.4 Å². The van der Waals surface area contributed by atoms with Crippen molar-refractivity contribution in [2.24, 2.45) is 5.92 Å². The second kappa shape index (κ2) is 6.33. The molecule has 1 aromatic rings. The number of carboxylic acids is 1. The van der Waals surface area contributed by atoms with Crippen LogP contribution in [-0.2, 0) is 4.79 Å². The molecule has 0 amide bonds. The molecule has 1 aromatic carbocycles. The maximum atomic E-state index is 13.2. The second-order valence-corrected chi connectivity index (χ2v) is 4.27. The van der Waals surface area contributed by atoms with Gasteiger partial charge in [0.1, 0.15) is 11.5 Å². The third-order valence-corrected chi connectivity index (χ3v) is 2.91. The summed E-state index contributed by atoms with van der Waals surface area (Å²) in [5, 5.41) is 22.0. The molecule has 1 unspecified atom stereocenters. The third-order valence-electron chi connectivity index (χ3n) is 2.62. The summed E-state index contributed by atoms with van der Waals surface area (Å²) in [6, 6.07) is 1.77. The molecule has 0 aliphatic rings. The fraction of sp³-hybridized carbons (Fsp3) is 0.364. The van der Waals surface area contributed by atoms with Gasteiger partial charge in [0.05, 0.1) is 21.9 Å². The first-order chi connectivity index (χ1) is 8.86. The number of aliphatic carboxylic acids is 1. The van der Waals surface area contributed by atoms with Gasteiger partial charge in [0.15, 0.2) is 0 Å². The quantitative estimate of drug-likeness (QED) is 0.621. The van der Waals surface area contributed by atoms with Gasteiger partial charge in [-0.3, -0.25) is 14.9 Å². The van der Waals surface area contributed by atoms with Crippen molar-refractivity contribution < 1.29 is 19.2 Å². The summed E-state index contributed by atoms with van der Waals surface area (Å²) in [5.74, 6) is -2.60. The normalized spacial score (nSPS) is 11.9. The van der Waals surface area contributed by atoms with Crippen molar-refractivity contribution >= 4 is 28.9 Å². The van der Waals surface area contributed by atoms with Crippen LogP contribution >= 0.6 is 11.6 Å². The molecule has 1 atom stereocenters. The molecule has 2 N–H and O–H groups in total. The third kappa shape index (κ3) is 3.78. The number of rotatable bonds is 6. The predicted molar refractivity (Wildman–Crippen MR) is 68.0 cm³/mol. The van der Waals surface area contributed by atoms with Crippen molar-refractivity contribution in [3.05, 3.63) is 33.1 Å². The molecule has 0 saturated carbocycles. The number of hydrogen-bond donors (Lipinski definition) is 2. The van der Waals surface area contributed by atoms with E-state index in [-0.39, 0.29) is 17.3 Å². The molecule has 0 saturated heterocycles. The van der Waals surface area contributed by atoms with Crippen molar-refractivity contribution in [3.63, 3.8) is 0 Å². The fourth-order valence-corrected chi connectivity index (χ4v) is 1.63. The number of carbonyl (C=O) groups is 1. The summed E-state index contributed by atoms with van der Waals surface area (Å²) in [6.45, 7) is 1.68. The van der Waals surface area contributed by atoms with E-state index in [2.05, 4.69) is 5.32 Å². The highest BCUT2D eigenvalue weighted by Crippen LogP contribution is 2.30. The Labute approximate surface area is 113 Å². The molecule has 0 fully saturated rings. The molecule has 0 aliphatic carbocycles. The van der Waals surface area contributed by atoms with Crippen LogP contribution in [-0.4, -0.2) is 22.5 Å². The minimum atomic E-state index is -1.01. The maximum Gasteiger partial charge on any atom is 0.308 e. The van der Waals surface area contributed by atoms with Crippen LogP contribution in [0.4, 0.5) is 15.8 Å². The molecule has 8 heteroatoms. The Morgan fingerprint density at radius 2 is 2.26 bits per heavy atom. The highest BCUT2D eigenvalue weighted by Gasteiger charge is 2.20. The Kier molecular flexibility index (Phi) is 5.05. The summed E-state index contributed by atoms with van der Waals surface area (Å²) in [7, 11) is 0. The molecule has 0 radical (unpaired) electrons. The van der Waals surface area contributed by atoms with Gasteiger partial charge in [-0.15, -0.1) is 0 Å². The predicted octanol–water partition coefficient (Wildman–Crippen LogP) is 2.91. The molecule has 1 rings (SSSR count). The molecular weight excluding hydrogens is 279 g/mol. The number of nitrogens with one attached hydrogen (secondary N) is 1. The highest BCUT2D eigenvalue weighted by molar-refractivity contribution is 6.31. The minimum absolute atomic E-state index is 0.00361. The number of carboxylic acid groups (broad SMARTS) is 1. The molecule has 6 nitrogen and oxygen atoms in total. The van der Waals surface area contributed by atoms with Crippen LogP contribution in [0.3, 0.4) is 0 Å². The lowest BCUT2D eigenvalue weighted by Gasteiger charge is -2.12. The zero-order valence-corrected chi connectivity index (χ0v) is 10.8. The van der Waals surface area contributed by atoms with Gasteiger partial charge >= 0.3 is 5.97 Å². The summed E-state index contributed by atoms with van der Waals surface area (Å²) in [4.78, 5) is 20.8.